The Bertz CT molecular complexity index is 483. The number of ether oxygens (including phenoxy) is 1. The van der Waals surface area contributed by atoms with E-state index in [1.54, 1.807) is 6.92 Å². The van der Waals surface area contributed by atoms with Crippen LogP contribution in [0.4, 0.5) is 0 Å². The molecule has 0 fully saturated rings. The minimum absolute atomic E-state index is 0.0829. The van der Waals surface area contributed by atoms with Crippen molar-refractivity contribution in [1.29, 1.82) is 0 Å². The average Bonchev–Trinajstić information content (AvgIpc) is 2.28. The Morgan fingerprint density at radius 2 is 1.94 bits per heavy atom. The third kappa shape index (κ3) is 4.66. The molecule has 1 N–H and O–H groups in total. The Kier molecular flexibility index (Phi) is 5.16. The fraction of sp³-hybridized carbons (Fsp3) is 0.538. The normalized spacial score (nSPS) is 13.6. The molecule has 0 radical (unpaired) electrons. The van der Waals surface area contributed by atoms with E-state index < -0.39 is 10.0 Å². The van der Waals surface area contributed by atoms with E-state index in [0.717, 1.165) is 11.3 Å². The molecule has 0 bridgehead atoms. The van der Waals surface area contributed by atoms with E-state index in [-0.39, 0.29) is 17.9 Å². The predicted molar refractivity (Wildman–Crippen MR) is 73.2 cm³/mol. The summed E-state index contributed by atoms with van der Waals surface area (Å²) in [5.41, 5.74) is 0.894. The van der Waals surface area contributed by atoms with Crippen LogP contribution in [0, 0.1) is 0 Å². The maximum atomic E-state index is 11.5. The predicted octanol–water partition coefficient (Wildman–Crippen LogP) is 2.47. The van der Waals surface area contributed by atoms with Crippen LogP contribution in [0.1, 0.15) is 39.3 Å². The first-order valence-electron chi connectivity index (χ1n) is 6.10. The van der Waals surface area contributed by atoms with Crippen LogP contribution in [0.25, 0.3) is 0 Å². The van der Waals surface area contributed by atoms with Crippen LogP contribution in [0.3, 0.4) is 0 Å². The van der Waals surface area contributed by atoms with Crippen LogP contribution in [0.15, 0.2) is 24.3 Å². The number of hydrogen-bond acceptors (Lipinski definition) is 3. The minimum atomic E-state index is -3.19. The van der Waals surface area contributed by atoms with Gasteiger partial charge in [0.05, 0.1) is 11.9 Å². The highest BCUT2D eigenvalue weighted by Gasteiger charge is 2.14. The number of sulfonamides is 1. The van der Waals surface area contributed by atoms with E-state index in [4.69, 9.17) is 4.74 Å². The highest BCUT2D eigenvalue weighted by atomic mass is 32.2. The molecular weight excluding hydrogens is 250 g/mol. The molecule has 102 valence electrons. The molecule has 1 unspecified atom stereocenters. The second kappa shape index (κ2) is 6.20. The van der Waals surface area contributed by atoms with Crippen molar-refractivity contribution in [3.63, 3.8) is 0 Å². The molecule has 1 aromatic carbocycles. The van der Waals surface area contributed by atoms with Gasteiger partial charge in [-0.15, -0.1) is 0 Å². The van der Waals surface area contributed by atoms with Crippen molar-refractivity contribution in [2.75, 3.05) is 5.75 Å². The lowest BCUT2D eigenvalue weighted by Gasteiger charge is -2.16. The van der Waals surface area contributed by atoms with Crippen LogP contribution in [-0.4, -0.2) is 20.3 Å². The van der Waals surface area contributed by atoms with E-state index in [1.807, 2.05) is 45.0 Å². The van der Waals surface area contributed by atoms with Gasteiger partial charge in [-0.25, -0.2) is 13.1 Å². The molecule has 0 aliphatic rings. The lowest BCUT2D eigenvalue weighted by Crippen LogP contribution is -2.28. The van der Waals surface area contributed by atoms with E-state index in [1.165, 1.54) is 0 Å². The van der Waals surface area contributed by atoms with Gasteiger partial charge in [-0.1, -0.05) is 12.1 Å². The Balaban J connectivity index is 2.83. The van der Waals surface area contributed by atoms with Crippen LogP contribution in [0.5, 0.6) is 5.75 Å². The lowest BCUT2D eigenvalue weighted by molar-refractivity contribution is 0.242. The molecular formula is C13H21NO3S. The summed E-state index contributed by atoms with van der Waals surface area (Å²) in [7, 11) is -3.19. The smallest absolute Gasteiger partial charge is 0.211 e. The molecule has 1 atom stereocenters. The van der Waals surface area contributed by atoms with Crippen molar-refractivity contribution in [2.45, 2.75) is 39.8 Å². The first-order valence-corrected chi connectivity index (χ1v) is 7.76. The van der Waals surface area contributed by atoms with E-state index >= 15 is 0 Å². The third-order valence-electron chi connectivity index (χ3n) is 2.47. The second-order valence-corrected chi connectivity index (χ2v) is 6.52. The zero-order chi connectivity index (χ0) is 13.8. The lowest BCUT2D eigenvalue weighted by atomic mass is 10.1. The van der Waals surface area contributed by atoms with Crippen molar-refractivity contribution >= 4 is 10.0 Å². The van der Waals surface area contributed by atoms with E-state index in [9.17, 15) is 8.42 Å². The van der Waals surface area contributed by atoms with Gasteiger partial charge in [0.1, 0.15) is 5.75 Å². The summed E-state index contributed by atoms with van der Waals surface area (Å²) in [6.45, 7) is 7.35. The number of rotatable bonds is 6. The topological polar surface area (TPSA) is 55.4 Å². The van der Waals surface area contributed by atoms with Gasteiger partial charge in [0.15, 0.2) is 0 Å². The van der Waals surface area contributed by atoms with Gasteiger partial charge in [0, 0.05) is 6.04 Å². The molecule has 0 aliphatic heterocycles. The van der Waals surface area contributed by atoms with Crippen molar-refractivity contribution in [2.24, 2.45) is 0 Å². The first-order chi connectivity index (χ1) is 8.34. The SMILES string of the molecule is CCS(=O)(=O)NC(C)c1cccc(OC(C)C)c1. The van der Waals surface area contributed by atoms with Gasteiger partial charge in [0.25, 0.3) is 0 Å². The van der Waals surface area contributed by atoms with Crippen LogP contribution in [0.2, 0.25) is 0 Å². The number of hydrogen-bond donors (Lipinski definition) is 1. The van der Waals surface area contributed by atoms with Crippen molar-refractivity contribution in [1.82, 2.24) is 4.72 Å². The molecule has 4 nitrogen and oxygen atoms in total. The second-order valence-electron chi connectivity index (χ2n) is 4.48. The molecule has 1 rings (SSSR count). The van der Waals surface area contributed by atoms with Gasteiger partial charge in [0.2, 0.25) is 10.0 Å². The summed E-state index contributed by atoms with van der Waals surface area (Å²) in [5.74, 6) is 0.838. The summed E-state index contributed by atoms with van der Waals surface area (Å²) in [4.78, 5) is 0. The van der Waals surface area contributed by atoms with E-state index in [2.05, 4.69) is 4.72 Å². The molecule has 1 aromatic rings. The zero-order valence-corrected chi connectivity index (χ0v) is 12.1. The number of nitrogens with one attached hydrogen (secondary N) is 1. The van der Waals surface area contributed by atoms with Crippen molar-refractivity contribution < 1.29 is 13.2 Å². The fourth-order valence-corrected chi connectivity index (χ4v) is 2.39. The summed E-state index contributed by atoms with van der Waals surface area (Å²) in [6, 6.07) is 7.22. The molecule has 0 saturated heterocycles. The summed E-state index contributed by atoms with van der Waals surface area (Å²) < 4.78 is 31.2. The monoisotopic (exact) mass is 271 g/mol. The average molecular weight is 271 g/mol. The third-order valence-corrected chi connectivity index (χ3v) is 3.94. The molecule has 0 saturated carbocycles. The number of benzene rings is 1. The molecule has 0 spiro atoms. The minimum Gasteiger partial charge on any atom is -0.491 e. The molecule has 0 aliphatic carbocycles. The van der Waals surface area contributed by atoms with Gasteiger partial charge in [-0.05, 0) is 45.4 Å². The quantitative estimate of drug-likeness (QED) is 0.864. The summed E-state index contributed by atoms with van der Waals surface area (Å²) in [5, 5.41) is 0. The van der Waals surface area contributed by atoms with Crippen molar-refractivity contribution in [3.8, 4) is 5.75 Å². The molecule has 0 amide bonds. The highest BCUT2D eigenvalue weighted by molar-refractivity contribution is 7.89. The first kappa shape index (κ1) is 15.0. The Hall–Kier alpha value is -1.07. The van der Waals surface area contributed by atoms with Gasteiger partial charge in [-0.3, -0.25) is 0 Å². The maximum Gasteiger partial charge on any atom is 0.211 e. The van der Waals surface area contributed by atoms with Crippen LogP contribution in [-0.2, 0) is 10.0 Å². The maximum absolute atomic E-state index is 11.5. The summed E-state index contributed by atoms with van der Waals surface area (Å²) >= 11 is 0. The van der Waals surface area contributed by atoms with Gasteiger partial charge in [-0.2, -0.15) is 0 Å². The van der Waals surface area contributed by atoms with Crippen molar-refractivity contribution in [3.05, 3.63) is 29.8 Å². The van der Waals surface area contributed by atoms with Gasteiger partial charge < -0.3 is 4.74 Å². The molecule has 18 heavy (non-hydrogen) atoms. The standard InChI is InChI=1S/C13H21NO3S/c1-5-18(15,16)14-11(4)12-7-6-8-13(9-12)17-10(2)3/h6-11,14H,5H2,1-4H3. The largest absolute Gasteiger partial charge is 0.491 e. The Morgan fingerprint density at radius 3 is 2.50 bits per heavy atom. The van der Waals surface area contributed by atoms with Crippen LogP contribution >= 0.6 is 0 Å². The Labute approximate surface area is 109 Å². The highest BCUT2D eigenvalue weighted by Crippen LogP contribution is 2.20. The fourth-order valence-electron chi connectivity index (χ4n) is 1.55. The Morgan fingerprint density at radius 1 is 1.28 bits per heavy atom. The van der Waals surface area contributed by atoms with Gasteiger partial charge >= 0.3 is 0 Å². The molecule has 0 heterocycles. The molecule has 0 aromatic heterocycles. The zero-order valence-electron chi connectivity index (χ0n) is 11.3. The molecule has 5 heteroatoms. The summed E-state index contributed by atoms with van der Waals surface area (Å²) in [6.07, 6.45) is 0.0999. The van der Waals surface area contributed by atoms with E-state index in [0.29, 0.717) is 0 Å². The van der Waals surface area contributed by atoms with Crippen LogP contribution < -0.4 is 9.46 Å².